The minimum atomic E-state index is 0.0886. The van der Waals surface area contributed by atoms with Crippen LogP contribution in [0.1, 0.15) is 43.2 Å². The fourth-order valence-electron chi connectivity index (χ4n) is 12.5. The van der Waals surface area contributed by atoms with Gasteiger partial charge in [-0.05, 0) is 90.0 Å². The van der Waals surface area contributed by atoms with Gasteiger partial charge < -0.3 is 4.57 Å². The van der Waals surface area contributed by atoms with Gasteiger partial charge >= 0.3 is 0 Å². The van der Waals surface area contributed by atoms with Crippen molar-refractivity contribution in [3.05, 3.63) is 169 Å². The van der Waals surface area contributed by atoms with Crippen LogP contribution in [0.5, 0.6) is 0 Å². The van der Waals surface area contributed by atoms with Crippen molar-refractivity contribution in [3.8, 4) is 51.0 Å². The molecule has 9 aromatic rings. The van der Waals surface area contributed by atoms with Crippen LogP contribution in [0.15, 0.2) is 158 Å². The zero-order valence-electron chi connectivity index (χ0n) is 31.6. The van der Waals surface area contributed by atoms with Crippen LogP contribution in [0.3, 0.4) is 0 Å². The standard InChI is InChI=1S/C53H40N4/c1-3-13-35(14-4-1)50-54-51(36-15-5-2-6-16-36)56-52(55-50)37-17-11-18-40(31-37)57-48-41-19-8-7-12-34(41)22-23-42(48)43-24-25-46-47(49(43)57)44-20-9-10-21-45(44)53(46)38-27-32-26-33(29-38)30-39(53)28-32/h1-25,31-33,38-39H,26-30H2. The highest BCUT2D eigenvalue weighted by molar-refractivity contribution is 6.22. The van der Waals surface area contributed by atoms with Gasteiger partial charge in [-0.1, -0.05) is 146 Å². The molecule has 4 heteroatoms. The number of fused-ring (bicyclic) bond motifs is 9. The molecular formula is C53H40N4. The van der Waals surface area contributed by atoms with Crippen LogP contribution in [-0.2, 0) is 5.41 Å². The van der Waals surface area contributed by atoms with Gasteiger partial charge in [-0.25, -0.2) is 15.0 Å². The van der Waals surface area contributed by atoms with E-state index in [4.69, 9.17) is 15.0 Å². The Morgan fingerprint density at radius 3 is 1.74 bits per heavy atom. The first-order valence-electron chi connectivity index (χ1n) is 20.8. The van der Waals surface area contributed by atoms with Crippen LogP contribution in [0.2, 0.25) is 0 Å². The van der Waals surface area contributed by atoms with Crippen molar-refractivity contribution >= 4 is 32.6 Å². The molecule has 4 saturated carbocycles. The number of aromatic nitrogens is 4. The SMILES string of the molecule is c1ccc(-c2nc(-c3ccccc3)nc(-c3cccc(-n4c5c6c(ccc5c5ccc7ccccc7c54)C4(c5ccccc5-6)C5CC6CC(C5)CC4C6)c3)n2)cc1. The molecule has 0 unspecified atom stereocenters. The Morgan fingerprint density at radius 1 is 0.439 bits per heavy atom. The van der Waals surface area contributed by atoms with E-state index in [9.17, 15) is 0 Å². The molecule has 5 aliphatic carbocycles. The first kappa shape index (κ1) is 31.8. The number of benzene rings is 7. The van der Waals surface area contributed by atoms with E-state index in [2.05, 4.69) is 126 Å². The second-order valence-corrected chi connectivity index (χ2v) is 17.2. The molecule has 4 bridgehead atoms. The first-order valence-corrected chi connectivity index (χ1v) is 20.8. The van der Waals surface area contributed by atoms with E-state index in [1.165, 1.54) is 75.8 Å². The van der Waals surface area contributed by atoms with Crippen LogP contribution in [-0.4, -0.2) is 19.5 Å². The highest BCUT2D eigenvalue weighted by Gasteiger charge is 2.61. The Morgan fingerprint density at radius 2 is 1.02 bits per heavy atom. The molecule has 0 amide bonds. The maximum atomic E-state index is 5.15. The molecule has 14 rings (SSSR count). The molecule has 272 valence electrons. The van der Waals surface area contributed by atoms with E-state index >= 15 is 0 Å². The van der Waals surface area contributed by atoms with Crippen LogP contribution >= 0.6 is 0 Å². The number of hydrogen-bond donors (Lipinski definition) is 0. The molecule has 2 aromatic heterocycles. The Hall–Kier alpha value is -6.39. The predicted molar refractivity (Wildman–Crippen MR) is 231 cm³/mol. The quantitative estimate of drug-likeness (QED) is 0.181. The van der Waals surface area contributed by atoms with Gasteiger partial charge in [0, 0.05) is 49.5 Å². The van der Waals surface area contributed by atoms with Gasteiger partial charge in [0.25, 0.3) is 0 Å². The van der Waals surface area contributed by atoms with Crippen molar-refractivity contribution in [2.75, 3.05) is 0 Å². The van der Waals surface area contributed by atoms with Gasteiger partial charge in [-0.2, -0.15) is 0 Å². The maximum Gasteiger partial charge on any atom is 0.164 e. The Kier molecular flexibility index (Phi) is 6.59. The molecule has 4 fully saturated rings. The molecule has 57 heavy (non-hydrogen) atoms. The fraction of sp³-hybridized carbons (Fsp3) is 0.189. The highest BCUT2D eigenvalue weighted by Crippen LogP contribution is 2.70. The minimum Gasteiger partial charge on any atom is -0.308 e. The lowest BCUT2D eigenvalue weighted by atomic mass is 9.43. The van der Waals surface area contributed by atoms with Crippen molar-refractivity contribution in [1.82, 2.24) is 19.5 Å². The molecule has 0 aliphatic heterocycles. The molecule has 1 spiro atoms. The third-order valence-electron chi connectivity index (χ3n) is 14.4. The monoisotopic (exact) mass is 732 g/mol. The van der Waals surface area contributed by atoms with Gasteiger partial charge in [0.05, 0.1) is 11.0 Å². The van der Waals surface area contributed by atoms with Crippen LogP contribution in [0, 0.1) is 23.7 Å². The summed E-state index contributed by atoms with van der Waals surface area (Å²) in [4.78, 5) is 15.3. The lowest BCUT2D eigenvalue weighted by Gasteiger charge is -2.61. The van der Waals surface area contributed by atoms with Crippen LogP contribution < -0.4 is 0 Å². The summed E-state index contributed by atoms with van der Waals surface area (Å²) >= 11 is 0. The average molecular weight is 733 g/mol. The zero-order valence-corrected chi connectivity index (χ0v) is 31.6. The molecule has 7 aromatic carbocycles. The predicted octanol–water partition coefficient (Wildman–Crippen LogP) is 12.8. The highest BCUT2D eigenvalue weighted by atomic mass is 15.0. The zero-order chi connectivity index (χ0) is 37.2. The van der Waals surface area contributed by atoms with Crippen molar-refractivity contribution in [1.29, 1.82) is 0 Å². The molecule has 0 radical (unpaired) electrons. The first-order chi connectivity index (χ1) is 28.2. The van der Waals surface area contributed by atoms with Gasteiger partial charge in [0.1, 0.15) is 0 Å². The Bertz CT molecular complexity index is 3000. The second kappa shape index (κ2) is 11.8. The summed E-state index contributed by atoms with van der Waals surface area (Å²) in [5.74, 6) is 5.22. The lowest BCUT2D eigenvalue weighted by molar-refractivity contribution is -0.0399. The second-order valence-electron chi connectivity index (χ2n) is 17.2. The molecule has 5 aliphatic rings. The Labute approximate surface area is 331 Å². The third-order valence-corrected chi connectivity index (χ3v) is 14.4. The molecule has 4 nitrogen and oxygen atoms in total. The van der Waals surface area contributed by atoms with E-state index in [-0.39, 0.29) is 5.41 Å². The molecule has 2 heterocycles. The number of hydrogen-bond acceptors (Lipinski definition) is 3. The summed E-state index contributed by atoms with van der Waals surface area (Å²) in [7, 11) is 0. The van der Waals surface area contributed by atoms with Gasteiger partial charge in [-0.3, -0.25) is 0 Å². The normalized spacial score (nSPS) is 22.8. The molecule has 0 N–H and O–H groups in total. The van der Waals surface area contributed by atoms with Crippen molar-refractivity contribution in [2.45, 2.75) is 37.5 Å². The molecule has 0 saturated heterocycles. The van der Waals surface area contributed by atoms with E-state index in [0.717, 1.165) is 34.2 Å². The maximum absolute atomic E-state index is 5.15. The third kappa shape index (κ3) is 4.41. The van der Waals surface area contributed by atoms with E-state index in [1.54, 1.807) is 11.1 Å². The largest absolute Gasteiger partial charge is 0.308 e. The topological polar surface area (TPSA) is 43.6 Å². The minimum absolute atomic E-state index is 0.0886. The summed E-state index contributed by atoms with van der Waals surface area (Å²) in [6.45, 7) is 0. The Balaban J connectivity index is 1.10. The summed E-state index contributed by atoms with van der Waals surface area (Å²) in [6, 6.07) is 57.5. The molecule has 0 atom stereocenters. The van der Waals surface area contributed by atoms with Crippen LogP contribution in [0.4, 0.5) is 0 Å². The molecular weight excluding hydrogens is 693 g/mol. The van der Waals surface area contributed by atoms with Crippen molar-refractivity contribution in [3.63, 3.8) is 0 Å². The van der Waals surface area contributed by atoms with E-state index < -0.39 is 0 Å². The van der Waals surface area contributed by atoms with Crippen molar-refractivity contribution < 1.29 is 0 Å². The van der Waals surface area contributed by atoms with E-state index in [0.29, 0.717) is 29.3 Å². The van der Waals surface area contributed by atoms with Crippen LogP contribution in [0.25, 0.3) is 83.6 Å². The number of nitrogens with zero attached hydrogens (tertiary/aromatic N) is 4. The number of rotatable bonds is 4. The van der Waals surface area contributed by atoms with Crippen molar-refractivity contribution in [2.24, 2.45) is 23.7 Å². The summed E-state index contributed by atoms with van der Waals surface area (Å²) < 4.78 is 2.60. The average Bonchev–Trinajstić information content (AvgIpc) is 3.77. The van der Waals surface area contributed by atoms with E-state index in [1.807, 2.05) is 36.4 Å². The lowest BCUT2D eigenvalue weighted by Crippen LogP contribution is -2.55. The van der Waals surface area contributed by atoms with Gasteiger partial charge in [0.15, 0.2) is 17.5 Å². The summed E-state index contributed by atoms with van der Waals surface area (Å²) in [5, 5.41) is 5.11. The van der Waals surface area contributed by atoms with Gasteiger partial charge in [0.2, 0.25) is 0 Å². The fourth-order valence-corrected chi connectivity index (χ4v) is 12.5. The summed E-state index contributed by atoms with van der Waals surface area (Å²) in [5.41, 5.74) is 12.7. The summed E-state index contributed by atoms with van der Waals surface area (Å²) in [6.07, 6.45) is 6.94. The smallest absolute Gasteiger partial charge is 0.164 e. The van der Waals surface area contributed by atoms with Gasteiger partial charge in [-0.15, -0.1) is 0 Å².